The summed E-state index contributed by atoms with van der Waals surface area (Å²) in [6.45, 7) is 2.14. The van der Waals surface area contributed by atoms with E-state index in [1.807, 2.05) is 6.92 Å². The smallest absolute Gasteiger partial charge is 0.349 e. The van der Waals surface area contributed by atoms with Crippen LogP contribution >= 0.6 is 0 Å². The van der Waals surface area contributed by atoms with Crippen molar-refractivity contribution in [3.8, 4) is 0 Å². The first-order valence-corrected chi connectivity index (χ1v) is 8.36. The largest absolute Gasteiger partial charge is 0.416 e. The number of halogens is 6. The number of anilines is 1. The molecule has 0 aromatic heterocycles. The van der Waals surface area contributed by atoms with Crippen LogP contribution in [0.4, 0.5) is 32.0 Å². The number of hydrogen-bond acceptors (Lipinski definition) is 2. The van der Waals surface area contributed by atoms with Gasteiger partial charge in [0.05, 0.1) is 17.2 Å². The first-order valence-electron chi connectivity index (χ1n) is 8.36. The third-order valence-electron chi connectivity index (χ3n) is 4.46. The Bertz CT molecular complexity index is 736. The Morgan fingerprint density at radius 1 is 0.926 bits per heavy atom. The summed E-state index contributed by atoms with van der Waals surface area (Å²) in [7, 11) is 0. The second-order valence-electron chi connectivity index (χ2n) is 6.34. The van der Waals surface area contributed by atoms with E-state index in [1.54, 1.807) is 4.90 Å². The zero-order chi connectivity index (χ0) is 19.8. The maximum Gasteiger partial charge on any atom is 0.416 e. The van der Waals surface area contributed by atoms with Crippen LogP contribution in [0.15, 0.2) is 48.5 Å². The molecule has 2 aromatic carbocycles. The zero-order valence-corrected chi connectivity index (χ0v) is 14.3. The van der Waals surface area contributed by atoms with Gasteiger partial charge in [0.1, 0.15) is 0 Å². The van der Waals surface area contributed by atoms with Crippen molar-refractivity contribution in [3.05, 3.63) is 65.2 Å². The maximum atomic E-state index is 13.0. The van der Waals surface area contributed by atoms with Crippen LogP contribution in [-0.2, 0) is 17.1 Å². The summed E-state index contributed by atoms with van der Waals surface area (Å²) in [5.41, 5.74) is -1.14. The molecule has 0 saturated carbocycles. The molecule has 1 heterocycles. The number of benzene rings is 2. The molecular weight excluding hydrogens is 372 g/mol. The van der Waals surface area contributed by atoms with Gasteiger partial charge in [-0.2, -0.15) is 26.3 Å². The van der Waals surface area contributed by atoms with Gasteiger partial charge in [-0.05, 0) is 36.8 Å². The van der Waals surface area contributed by atoms with Crippen molar-refractivity contribution in [1.82, 2.24) is 0 Å². The van der Waals surface area contributed by atoms with Crippen LogP contribution in [0.1, 0.15) is 36.3 Å². The Morgan fingerprint density at radius 3 is 2.11 bits per heavy atom. The quantitative estimate of drug-likeness (QED) is 0.594. The fraction of sp³-hybridized carbons (Fsp3) is 0.368. The molecule has 0 amide bonds. The molecule has 2 atom stereocenters. The minimum Gasteiger partial charge on any atom is -0.349 e. The van der Waals surface area contributed by atoms with Gasteiger partial charge in [0.25, 0.3) is 0 Å². The molecule has 1 aliphatic heterocycles. The van der Waals surface area contributed by atoms with Crippen LogP contribution < -0.4 is 4.90 Å². The number of alkyl halides is 6. The van der Waals surface area contributed by atoms with E-state index in [0.29, 0.717) is 13.0 Å². The minimum absolute atomic E-state index is 0.248. The van der Waals surface area contributed by atoms with E-state index in [1.165, 1.54) is 24.3 Å². The van der Waals surface area contributed by atoms with E-state index in [0.717, 1.165) is 24.3 Å². The minimum atomic E-state index is -4.51. The summed E-state index contributed by atoms with van der Waals surface area (Å²) in [6, 6.07) is 9.40. The Morgan fingerprint density at radius 2 is 1.52 bits per heavy atom. The molecule has 8 heteroatoms. The Balaban J connectivity index is 1.99. The lowest BCUT2D eigenvalue weighted by atomic mass is 10.1. The van der Waals surface area contributed by atoms with Gasteiger partial charge >= 0.3 is 12.4 Å². The number of rotatable bonds is 3. The molecule has 2 aromatic rings. The standard InChI is InChI=1S/C19H17F6NO/c1-2-16-11-26(15-8-4-7-14(10-15)19(23,24)25)17(27-16)12-5-3-6-13(9-12)18(20,21)22/h3-10,16-17H,2,11H2,1H3. The molecule has 1 saturated heterocycles. The summed E-state index contributed by atoms with van der Waals surface area (Å²) < 4.78 is 84.0. The van der Waals surface area contributed by atoms with Crippen molar-refractivity contribution in [2.75, 3.05) is 11.4 Å². The topological polar surface area (TPSA) is 12.5 Å². The normalized spacial score (nSPS) is 20.9. The molecular formula is C19H17F6NO. The van der Waals surface area contributed by atoms with Gasteiger partial charge in [-0.15, -0.1) is 0 Å². The van der Waals surface area contributed by atoms with Crippen molar-refractivity contribution in [2.24, 2.45) is 0 Å². The predicted octanol–water partition coefficient (Wildman–Crippen LogP) is 6.04. The highest BCUT2D eigenvalue weighted by Gasteiger charge is 2.37. The molecule has 27 heavy (non-hydrogen) atoms. The van der Waals surface area contributed by atoms with Crippen LogP contribution in [0.5, 0.6) is 0 Å². The van der Waals surface area contributed by atoms with Gasteiger partial charge in [0.15, 0.2) is 6.23 Å². The fourth-order valence-corrected chi connectivity index (χ4v) is 3.07. The first-order chi connectivity index (χ1) is 12.6. The highest BCUT2D eigenvalue weighted by Crippen LogP contribution is 2.40. The van der Waals surface area contributed by atoms with Crippen molar-refractivity contribution < 1.29 is 31.1 Å². The summed E-state index contributed by atoms with van der Waals surface area (Å²) in [5, 5.41) is 0. The predicted molar refractivity (Wildman–Crippen MR) is 88.1 cm³/mol. The Kier molecular flexibility index (Phi) is 5.12. The number of hydrogen-bond donors (Lipinski definition) is 0. The highest BCUT2D eigenvalue weighted by atomic mass is 19.4. The molecule has 0 N–H and O–H groups in total. The molecule has 0 spiro atoms. The SMILES string of the molecule is CCC1CN(c2cccc(C(F)(F)F)c2)C(c2cccc(C(F)(F)F)c2)O1. The van der Waals surface area contributed by atoms with Crippen molar-refractivity contribution in [1.29, 1.82) is 0 Å². The van der Waals surface area contributed by atoms with Crippen LogP contribution in [0, 0.1) is 0 Å². The molecule has 2 nitrogen and oxygen atoms in total. The van der Waals surface area contributed by atoms with E-state index in [-0.39, 0.29) is 17.4 Å². The first kappa shape index (κ1) is 19.5. The molecule has 1 aliphatic rings. The number of ether oxygens (including phenoxy) is 1. The second kappa shape index (κ2) is 7.07. The van der Waals surface area contributed by atoms with Gasteiger partial charge in [0, 0.05) is 17.8 Å². The van der Waals surface area contributed by atoms with E-state index in [4.69, 9.17) is 4.74 Å². The molecule has 2 unspecified atom stereocenters. The summed E-state index contributed by atoms with van der Waals surface area (Å²) in [6.07, 6.45) is -9.61. The third-order valence-corrected chi connectivity index (χ3v) is 4.46. The summed E-state index contributed by atoms with van der Waals surface area (Å²) >= 11 is 0. The second-order valence-corrected chi connectivity index (χ2v) is 6.34. The summed E-state index contributed by atoms with van der Waals surface area (Å²) in [5.74, 6) is 0. The average molecular weight is 389 g/mol. The van der Waals surface area contributed by atoms with Crippen LogP contribution in [0.3, 0.4) is 0 Å². The van der Waals surface area contributed by atoms with Gasteiger partial charge in [-0.3, -0.25) is 0 Å². The van der Waals surface area contributed by atoms with Crippen LogP contribution in [0.25, 0.3) is 0 Å². The van der Waals surface area contributed by atoms with Crippen LogP contribution in [0.2, 0.25) is 0 Å². The molecule has 0 aliphatic carbocycles. The zero-order valence-electron chi connectivity index (χ0n) is 14.3. The average Bonchev–Trinajstić information content (AvgIpc) is 3.05. The van der Waals surface area contributed by atoms with Gasteiger partial charge in [-0.1, -0.05) is 25.1 Å². The van der Waals surface area contributed by atoms with Crippen molar-refractivity contribution >= 4 is 5.69 Å². The van der Waals surface area contributed by atoms with E-state index in [2.05, 4.69) is 0 Å². The fourth-order valence-electron chi connectivity index (χ4n) is 3.07. The lowest BCUT2D eigenvalue weighted by Crippen LogP contribution is -2.25. The number of nitrogens with zero attached hydrogens (tertiary/aromatic N) is 1. The molecule has 1 fully saturated rings. The van der Waals surface area contributed by atoms with E-state index in [9.17, 15) is 26.3 Å². The lowest BCUT2D eigenvalue weighted by molar-refractivity contribution is -0.138. The maximum absolute atomic E-state index is 13.0. The third kappa shape index (κ3) is 4.21. The molecule has 146 valence electrons. The monoisotopic (exact) mass is 389 g/mol. The van der Waals surface area contributed by atoms with Crippen molar-refractivity contribution in [2.45, 2.75) is 38.0 Å². The van der Waals surface area contributed by atoms with E-state index >= 15 is 0 Å². The van der Waals surface area contributed by atoms with Gasteiger partial charge in [0.2, 0.25) is 0 Å². The Hall–Kier alpha value is -2.22. The van der Waals surface area contributed by atoms with Gasteiger partial charge in [-0.25, -0.2) is 0 Å². The van der Waals surface area contributed by atoms with Crippen LogP contribution in [-0.4, -0.2) is 12.6 Å². The highest BCUT2D eigenvalue weighted by molar-refractivity contribution is 5.52. The summed E-state index contributed by atoms with van der Waals surface area (Å²) in [4.78, 5) is 1.57. The van der Waals surface area contributed by atoms with Crippen molar-refractivity contribution in [3.63, 3.8) is 0 Å². The molecule has 3 rings (SSSR count). The lowest BCUT2D eigenvalue weighted by Gasteiger charge is -2.26. The van der Waals surface area contributed by atoms with Gasteiger partial charge < -0.3 is 9.64 Å². The molecule has 0 bridgehead atoms. The van der Waals surface area contributed by atoms with E-state index < -0.39 is 29.7 Å². The Labute approximate surface area is 152 Å². The molecule has 0 radical (unpaired) electrons.